The van der Waals surface area contributed by atoms with Crippen LogP contribution in [0.15, 0.2) is 12.7 Å². The molecule has 13 heavy (non-hydrogen) atoms. The molecule has 0 saturated heterocycles. The van der Waals surface area contributed by atoms with Crippen molar-refractivity contribution >= 4 is 0 Å². The maximum absolute atomic E-state index is 8.77. The molecule has 76 valence electrons. The fourth-order valence-electron chi connectivity index (χ4n) is 1.76. The molecule has 0 spiro atoms. The molecule has 1 rings (SSSR count). The molecule has 0 aliphatic heterocycles. The lowest BCUT2D eigenvalue weighted by atomic mass is 9.91. The van der Waals surface area contributed by atoms with Gasteiger partial charge in [-0.3, -0.25) is 4.90 Å². The van der Waals surface area contributed by atoms with Crippen LogP contribution >= 0.6 is 0 Å². The van der Waals surface area contributed by atoms with Crippen LogP contribution in [0.1, 0.15) is 32.1 Å². The summed E-state index contributed by atoms with van der Waals surface area (Å²) in [6, 6.07) is 0.798. The maximum Gasteiger partial charge on any atom is 0.0443 e. The predicted molar refractivity (Wildman–Crippen MR) is 55.7 cm³/mol. The van der Waals surface area contributed by atoms with E-state index >= 15 is 0 Å². The van der Waals surface area contributed by atoms with Crippen molar-refractivity contribution in [3.05, 3.63) is 12.7 Å². The molecule has 0 radical (unpaired) electrons. The van der Waals surface area contributed by atoms with Gasteiger partial charge in [0.15, 0.2) is 0 Å². The monoisotopic (exact) mass is 183 g/mol. The molecule has 0 unspecified atom stereocenters. The number of hydrogen-bond acceptors (Lipinski definition) is 2. The average Bonchev–Trinajstić information content (AvgIpc) is 2.06. The lowest BCUT2D eigenvalue weighted by molar-refractivity contribution is 0.119. The number of hydrogen-bond donors (Lipinski definition) is 1. The molecule has 1 aliphatic rings. The molecule has 0 amide bonds. The van der Waals surface area contributed by atoms with Gasteiger partial charge in [0.05, 0.1) is 0 Å². The van der Waals surface area contributed by atoms with E-state index in [1.807, 2.05) is 6.08 Å². The molecule has 0 atom stereocenters. The first-order valence-corrected chi connectivity index (χ1v) is 5.34. The number of aliphatic hydroxyl groups is 1. The minimum atomic E-state index is 0.317. The van der Waals surface area contributed by atoms with E-state index in [4.69, 9.17) is 5.11 Å². The van der Waals surface area contributed by atoms with Gasteiger partial charge < -0.3 is 5.11 Å². The second-order valence-electron chi connectivity index (χ2n) is 3.78. The second-order valence-corrected chi connectivity index (χ2v) is 3.78. The minimum absolute atomic E-state index is 0.317. The zero-order valence-corrected chi connectivity index (χ0v) is 8.41. The highest BCUT2D eigenvalue weighted by molar-refractivity contribution is 4.81. The van der Waals surface area contributed by atoms with Gasteiger partial charge in [-0.15, -0.1) is 6.58 Å². The van der Waals surface area contributed by atoms with Crippen molar-refractivity contribution in [2.75, 3.05) is 19.7 Å². The van der Waals surface area contributed by atoms with E-state index < -0.39 is 0 Å². The molecule has 1 aliphatic carbocycles. The molecule has 0 aromatic heterocycles. The normalized spacial score (nSPS) is 17.4. The van der Waals surface area contributed by atoms with Gasteiger partial charge in [0.1, 0.15) is 0 Å². The first-order valence-electron chi connectivity index (χ1n) is 5.34. The highest BCUT2D eigenvalue weighted by Gasteiger charge is 2.23. The van der Waals surface area contributed by atoms with Crippen molar-refractivity contribution in [1.82, 2.24) is 4.90 Å². The Hall–Kier alpha value is -0.340. The van der Waals surface area contributed by atoms with Crippen molar-refractivity contribution in [2.45, 2.75) is 38.1 Å². The van der Waals surface area contributed by atoms with Crippen LogP contribution in [-0.4, -0.2) is 35.7 Å². The van der Waals surface area contributed by atoms with Crippen molar-refractivity contribution in [3.8, 4) is 0 Å². The molecule has 1 saturated carbocycles. The van der Waals surface area contributed by atoms with Crippen LogP contribution in [-0.2, 0) is 0 Å². The first kappa shape index (κ1) is 10.7. The molecule has 1 N–H and O–H groups in total. The Kier molecular flexibility index (Phi) is 5.09. The Labute approximate surface area is 81.2 Å². The maximum atomic E-state index is 8.77. The Morgan fingerprint density at radius 3 is 2.62 bits per heavy atom. The van der Waals surface area contributed by atoms with Gasteiger partial charge in [-0.05, 0) is 25.7 Å². The number of rotatable bonds is 7. The van der Waals surface area contributed by atoms with Gasteiger partial charge in [-0.2, -0.15) is 0 Å². The van der Waals surface area contributed by atoms with Crippen molar-refractivity contribution in [3.63, 3.8) is 0 Å². The molecule has 2 heteroatoms. The Bertz CT molecular complexity index is 143. The van der Waals surface area contributed by atoms with Crippen LogP contribution in [0.3, 0.4) is 0 Å². The highest BCUT2D eigenvalue weighted by Crippen LogP contribution is 2.24. The lowest BCUT2D eigenvalue weighted by Gasteiger charge is -2.37. The van der Waals surface area contributed by atoms with E-state index in [0.717, 1.165) is 32.0 Å². The van der Waals surface area contributed by atoms with Crippen LogP contribution in [0.2, 0.25) is 0 Å². The quantitative estimate of drug-likeness (QED) is 0.608. The molecule has 0 bridgehead atoms. The Morgan fingerprint density at radius 2 is 2.15 bits per heavy atom. The van der Waals surface area contributed by atoms with Crippen LogP contribution in [0, 0.1) is 0 Å². The van der Waals surface area contributed by atoms with Crippen LogP contribution in [0.4, 0.5) is 0 Å². The van der Waals surface area contributed by atoms with E-state index in [-0.39, 0.29) is 0 Å². The summed E-state index contributed by atoms with van der Waals surface area (Å²) in [5, 5.41) is 8.77. The van der Waals surface area contributed by atoms with E-state index in [1.54, 1.807) is 0 Å². The zero-order chi connectivity index (χ0) is 9.52. The molecule has 0 heterocycles. The van der Waals surface area contributed by atoms with Gasteiger partial charge >= 0.3 is 0 Å². The fraction of sp³-hybridized carbons (Fsp3) is 0.818. The Morgan fingerprint density at radius 1 is 1.38 bits per heavy atom. The van der Waals surface area contributed by atoms with Gasteiger partial charge in [-0.1, -0.05) is 12.5 Å². The van der Waals surface area contributed by atoms with Crippen molar-refractivity contribution < 1.29 is 5.11 Å². The smallest absolute Gasteiger partial charge is 0.0443 e. The summed E-state index contributed by atoms with van der Waals surface area (Å²) < 4.78 is 0. The predicted octanol–water partition coefficient (Wildman–Crippen LogP) is 1.80. The van der Waals surface area contributed by atoms with Gasteiger partial charge in [-0.25, -0.2) is 0 Å². The third kappa shape index (κ3) is 3.49. The van der Waals surface area contributed by atoms with Crippen LogP contribution in [0.5, 0.6) is 0 Å². The zero-order valence-electron chi connectivity index (χ0n) is 8.41. The van der Waals surface area contributed by atoms with E-state index in [0.29, 0.717) is 6.61 Å². The molecular formula is C11H21NO. The number of aliphatic hydroxyl groups excluding tert-OH is 1. The summed E-state index contributed by atoms with van der Waals surface area (Å²) in [4.78, 5) is 2.50. The SMILES string of the molecule is C=CCCN(CCCO)C1CCC1. The third-order valence-corrected chi connectivity index (χ3v) is 2.81. The summed E-state index contributed by atoms with van der Waals surface area (Å²) in [6.45, 7) is 6.23. The first-order chi connectivity index (χ1) is 6.38. The largest absolute Gasteiger partial charge is 0.396 e. The topological polar surface area (TPSA) is 23.5 Å². The average molecular weight is 183 g/mol. The second kappa shape index (κ2) is 6.17. The molecule has 2 nitrogen and oxygen atoms in total. The van der Waals surface area contributed by atoms with Gasteiger partial charge in [0.2, 0.25) is 0 Å². The molecular weight excluding hydrogens is 162 g/mol. The standard InChI is InChI=1S/C11H21NO/c1-2-3-8-12(9-5-10-13)11-6-4-7-11/h2,11,13H,1,3-10H2. The Balaban J connectivity index is 2.20. The molecule has 0 aromatic rings. The van der Waals surface area contributed by atoms with Crippen molar-refractivity contribution in [1.29, 1.82) is 0 Å². The van der Waals surface area contributed by atoms with E-state index in [1.165, 1.54) is 19.3 Å². The van der Waals surface area contributed by atoms with Crippen LogP contribution in [0.25, 0.3) is 0 Å². The lowest BCUT2D eigenvalue weighted by Crippen LogP contribution is -2.41. The van der Waals surface area contributed by atoms with Crippen molar-refractivity contribution in [2.24, 2.45) is 0 Å². The van der Waals surface area contributed by atoms with E-state index in [2.05, 4.69) is 11.5 Å². The summed E-state index contributed by atoms with van der Waals surface area (Å²) >= 11 is 0. The van der Waals surface area contributed by atoms with E-state index in [9.17, 15) is 0 Å². The highest BCUT2D eigenvalue weighted by atomic mass is 16.3. The summed E-state index contributed by atoms with van der Waals surface area (Å²) in [5.74, 6) is 0. The summed E-state index contributed by atoms with van der Waals surface area (Å²) in [7, 11) is 0. The minimum Gasteiger partial charge on any atom is -0.396 e. The molecule has 0 aromatic carbocycles. The fourth-order valence-corrected chi connectivity index (χ4v) is 1.76. The van der Waals surface area contributed by atoms with Gasteiger partial charge in [0.25, 0.3) is 0 Å². The number of nitrogens with zero attached hydrogens (tertiary/aromatic N) is 1. The summed E-state index contributed by atoms with van der Waals surface area (Å²) in [5.41, 5.74) is 0. The van der Waals surface area contributed by atoms with Crippen LogP contribution < -0.4 is 0 Å². The summed E-state index contributed by atoms with van der Waals surface area (Å²) in [6.07, 6.45) is 8.04. The third-order valence-electron chi connectivity index (χ3n) is 2.81. The molecule has 1 fully saturated rings. The van der Waals surface area contributed by atoms with Gasteiger partial charge in [0, 0.05) is 25.7 Å².